The molecular weight excluding hydrogens is 176 g/mol. The second-order valence-electron chi connectivity index (χ2n) is 3.97. The van der Waals surface area contributed by atoms with E-state index in [1.807, 2.05) is 0 Å². The van der Waals surface area contributed by atoms with Crippen molar-refractivity contribution in [2.24, 2.45) is 5.92 Å². The number of benzene rings is 1. The Morgan fingerprint density at radius 3 is 2.93 bits per heavy atom. The van der Waals surface area contributed by atoms with Crippen LogP contribution in [0.1, 0.15) is 0 Å². The Balaban J connectivity index is 1.93. The maximum atomic E-state index is 5.46. The molecule has 0 bridgehead atoms. The number of anilines is 2. The molecular formula is C11H14N2O. The minimum Gasteiger partial charge on any atom is -0.383 e. The summed E-state index contributed by atoms with van der Waals surface area (Å²) in [5.41, 5.74) is 2.41. The van der Waals surface area contributed by atoms with Gasteiger partial charge in [0.25, 0.3) is 0 Å². The Morgan fingerprint density at radius 1 is 1.14 bits per heavy atom. The second-order valence-corrected chi connectivity index (χ2v) is 3.97. The number of fused-ring (bicyclic) bond motifs is 2. The number of hydrogen-bond donors (Lipinski definition) is 2. The average Bonchev–Trinajstić information content (AvgIpc) is 2.58. The highest BCUT2D eigenvalue weighted by Crippen LogP contribution is 2.29. The molecule has 3 heteroatoms. The Hall–Kier alpha value is -1.22. The van der Waals surface area contributed by atoms with Gasteiger partial charge in [0.05, 0.1) is 30.6 Å². The van der Waals surface area contributed by atoms with Crippen molar-refractivity contribution in [3.8, 4) is 0 Å². The fraction of sp³-hybridized carbons (Fsp3) is 0.455. The molecule has 0 aliphatic carbocycles. The average molecular weight is 190 g/mol. The van der Waals surface area contributed by atoms with E-state index < -0.39 is 0 Å². The summed E-state index contributed by atoms with van der Waals surface area (Å²) < 4.78 is 5.46. The first kappa shape index (κ1) is 8.12. The minimum absolute atomic E-state index is 0.478. The molecule has 3 rings (SSSR count). The maximum absolute atomic E-state index is 5.46. The molecule has 0 aromatic heterocycles. The van der Waals surface area contributed by atoms with Crippen LogP contribution in [-0.2, 0) is 4.74 Å². The van der Waals surface area contributed by atoms with E-state index in [0.717, 1.165) is 19.8 Å². The zero-order valence-electron chi connectivity index (χ0n) is 7.99. The molecule has 0 amide bonds. The Kier molecular flexibility index (Phi) is 1.84. The van der Waals surface area contributed by atoms with Crippen molar-refractivity contribution in [3.63, 3.8) is 0 Å². The van der Waals surface area contributed by atoms with Crippen LogP contribution in [0.4, 0.5) is 11.4 Å². The normalized spacial score (nSPS) is 29.4. The lowest BCUT2D eigenvalue weighted by molar-refractivity contribution is 0.186. The fourth-order valence-electron chi connectivity index (χ4n) is 2.16. The van der Waals surface area contributed by atoms with Crippen molar-refractivity contribution in [1.82, 2.24) is 0 Å². The summed E-state index contributed by atoms with van der Waals surface area (Å²) >= 11 is 0. The van der Waals surface area contributed by atoms with Gasteiger partial charge >= 0.3 is 0 Å². The van der Waals surface area contributed by atoms with Crippen LogP contribution in [0.15, 0.2) is 24.3 Å². The van der Waals surface area contributed by atoms with Gasteiger partial charge in [-0.15, -0.1) is 0 Å². The molecule has 0 saturated carbocycles. The molecule has 0 spiro atoms. The Bertz CT molecular complexity index is 340. The van der Waals surface area contributed by atoms with E-state index in [1.54, 1.807) is 0 Å². The molecule has 1 saturated heterocycles. The van der Waals surface area contributed by atoms with E-state index in [9.17, 15) is 0 Å². The first-order valence-corrected chi connectivity index (χ1v) is 5.11. The summed E-state index contributed by atoms with van der Waals surface area (Å²) in [6.45, 7) is 2.72. The van der Waals surface area contributed by atoms with Gasteiger partial charge in [-0.3, -0.25) is 0 Å². The van der Waals surface area contributed by atoms with Crippen molar-refractivity contribution in [1.29, 1.82) is 0 Å². The van der Waals surface area contributed by atoms with Crippen LogP contribution in [0.5, 0.6) is 0 Å². The van der Waals surface area contributed by atoms with Crippen molar-refractivity contribution in [2.45, 2.75) is 6.04 Å². The van der Waals surface area contributed by atoms with Gasteiger partial charge in [-0.2, -0.15) is 0 Å². The third-order valence-electron chi connectivity index (χ3n) is 3.02. The fourth-order valence-corrected chi connectivity index (χ4v) is 2.16. The highest BCUT2D eigenvalue weighted by atomic mass is 16.5. The lowest BCUT2D eigenvalue weighted by Gasteiger charge is -2.15. The van der Waals surface area contributed by atoms with Gasteiger partial charge in [-0.05, 0) is 12.1 Å². The molecule has 2 unspecified atom stereocenters. The summed E-state index contributed by atoms with van der Waals surface area (Å²) in [6.07, 6.45) is 0. The standard InChI is InChI=1S/C11H14N2O/c1-2-4-10-9(3-1)12-5-8-6-14-7-11(8)13-10/h1-4,8,11-13H,5-7H2. The molecule has 3 nitrogen and oxygen atoms in total. The van der Waals surface area contributed by atoms with Crippen LogP contribution in [0.3, 0.4) is 0 Å². The van der Waals surface area contributed by atoms with Crippen LogP contribution in [0.25, 0.3) is 0 Å². The summed E-state index contributed by atoms with van der Waals surface area (Å²) in [7, 11) is 0. The summed E-state index contributed by atoms with van der Waals surface area (Å²) in [4.78, 5) is 0. The topological polar surface area (TPSA) is 33.3 Å². The van der Waals surface area contributed by atoms with E-state index >= 15 is 0 Å². The quantitative estimate of drug-likeness (QED) is 0.651. The molecule has 2 atom stereocenters. The molecule has 2 aliphatic heterocycles. The molecule has 2 heterocycles. The monoisotopic (exact) mass is 190 g/mol. The predicted molar refractivity (Wildman–Crippen MR) is 56.7 cm³/mol. The van der Waals surface area contributed by atoms with E-state index in [1.165, 1.54) is 11.4 Å². The van der Waals surface area contributed by atoms with Crippen molar-refractivity contribution < 1.29 is 4.74 Å². The highest BCUT2D eigenvalue weighted by molar-refractivity contribution is 5.69. The zero-order valence-corrected chi connectivity index (χ0v) is 7.99. The van der Waals surface area contributed by atoms with E-state index in [2.05, 4.69) is 34.9 Å². The summed E-state index contributed by atoms with van der Waals surface area (Å²) in [6, 6.07) is 8.83. The summed E-state index contributed by atoms with van der Waals surface area (Å²) in [5, 5.41) is 6.99. The number of nitrogens with one attached hydrogen (secondary N) is 2. The second kappa shape index (κ2) is 3.17. The lowest BCUT2D eigenvalue weighted by Crippen LogP contribution is -2.29. The van der Waals surface area contributed by atoms with Crippen LogP contribution >= 0.6 is 0 Å². The summed E-state index contributed by atoms with van der Waals surface area (Å²) in [5.74, 6) is 0.599. The molecule has 14 heavy (non-hydrogen) atoms. The van der Waals surface area contributed by atoms with Gasteiger partial charge in [0.15, 0.2) is 0 Å². The molecule has 2 N–H and O–H groups in total. The van der Waals surface area contributed by atoms with E-state index in [0.29, 0.717) is 12.0 Å². The van der Waals surface area contributed by atoms with Gasteiger partial charge < -0.3 is 15.4 Å². The predicted octanol–water partition coefficient (Wildman–Crippen LogP) is 1.54. The van der Waals surface area contributed by atoms with Gasteiger partial charge in [0, 0.05) is 12.5 Å². The minimum atomic E-state index is 0.478. The van der Waals surface area contributed by atoms with Crippen molar-refractivity contribution >= 4 is 11.4 Å². The first-order chi connectivity index (χ1) is 6.93. The molecule has 1 fully saturated rings. The largest absolute Gasteiger partial charge is 0.383 e. The van der Waals surface area contributed by atoms with Gasteiger partial charge in [0.1, 0.15) is 0 Å². The number of rotatable bonds is 0. The van der Waals surface area contributed by atoms with Crippen LogP contribution in [0, 0.1) is 5.92 Å². The van der Waals surface area contributed by atoms with Crippen LogP contribution in [-0.4, -0.2) is 25.8 Å². The van der Waals surface area contributed by atoms with E-state index in [-0.39, 0.29) is 0 Å². The number of hydrogen-bond acceptors (Lipinski definition) is 3. The first-order valence-electron chi connectivity index (χ1n) is 5.11. The van der Waals surface area contributed by atoms with Crippen molar-refractivity contribution in [3.05, 3.63) is 24.3 Å². The van der Waals surface area contributed by atoms with E-state index in [4.69, 9.17) is 4.74 Å². The van der Waals surface area contributed by atoms with Crippen LogP contribution in [0.2, 0.25) is 0 Å². The molecule has 2 aliphatic rings. The van der Waals surface area contributed by atoms with Crippen molar-refractivity contribution in [2.75, 3.05) is 30.4 Å². The number of ether oxygens (including phenoxy) is 1. The molecule has 0 radical (unpaired) electrons. The SMILES string of the molecule is c1ccc2c(c1)NCC1COCC1N2. The lowest BCUT2D eigenvalue weighted by atomic mass is 10.0. The maximum Gasteiger partial charge on any atom is 0.0672 e. The smallest absolute Gasteiger partial charge is 0.0672 e. The molecule has 1 aromatic rings. The van der Waals surface area contributed by atoms with Crippen LogP contribution < -0.4 is 10.6 Å². The number of para-hydroxylation sites is 2. The Labute approximate surface area is 83.5 Å². The third kappa shape index (κ3) is 1.24. The molecule has 74 valence electrons. The van der Waals surface area contributed by atoms with Gasteiger partial charge in [-0.25, -0.2) is 0 Å². The third-order valence-corrected chi connectivity index (χ3v) is 3.02. The highest BCUT2D eigenvalue weighted by Gasteiger charge is 2.30. The molecule has 1 aromatic carbocycles. The Morgan fingerprint density at radius 2 is 2.00 bits per heavy atom. The van der Waals surface area contributed by atoms with Gasteiger partial charge in [0.2, 0.25) is 0 Å². The van der Waals surface area contributed by atoms with Gasteiger partial charge in [-0.1, -0.05) is 12.1 Å². The zero-order chi connectivity index (χ0) is 9.38.